The number of nitrogens with zero attached hydrogens (tertiary/aromatic N) is 2. The van der Waals surface area contributed by atoms with Crippen LogP contribution in [-0.4, -0.2) is 32.2 Å². The lowest BCUT2D eigenvalue weighted by Gasteiger charge is -2.11. The molecular formula is C18H18N4O2S4. The second-order valence-electron chi connectivity index (χ2n) is 5.52. The summed E-state index contributed by atoms with van der Waals surface area (Å²) < 4.78 is 4.19. The maximum Gasteiger partial charge on any atom is 0.265 e. The largest absolute Gasteiger partial charge is 0.321 e. The highest BCUT2D eigenvalue weighted by atomic mass is 32.2. The third-order valence-electron chi connectivity index (χ3n) is 3.45. The second-order valence-corrected chi connectivity index (χ2v) is 9.87. The molecule has 1 aromatic carbocycles. The Morgan fingerprint density at radius 2 is 1.96 bits per heavy atom. The summed E-state index contributed by atoms with van der Waals surface area (Å²) in [5.41, 5.74) is 0.717. The summed E-state index contributed by atoms with van der Waals surface area (Å²) in [5, 5.41) is 8.44. The van der Waals surface area contributed by atoms with Crippen molar-refractivity contribution in [3.05, 3.63) is 46.7 Å². The van der Waals surface area contributed by atoms with Gasteiger partial charge in [0, 0.05) is 22.1 Å². The van der Waals surface area contributed by atoms with Crippen LogP contribution in [0, 0.1) is 0 Å². The van der Waals surface area contributed by atoms with Crippen LogP contribution in [0.3, 0.4) is 0 Å². The number of amides is 2. The topological polar surface area (TPSA) is 84.0 Å². The van der Waals surface area contributed by atoms with Gasteiger partial charge < -0.3 is 5.32 Å². The lowest BCUT2D eigenvalue weighted by atomic mass is 10.3. The Morgan fingerprint density at radius 1 is 1.18 bits per heavy atom. The first-order valence-corrected chi connectivity index (χ1v) is 12.0. The molecule has 0 saturated carbocycles. The molecule has 2 N–H and O–H groups in total. The molecule has 28 heavy (non-hydrogen) atoms. The summed E-state index contributed by atoms with van der Waals surface area (Å²) in [4.78, 5) is 30.3. The summed E-state index contributed by atoms with van der Waals surface area (Å²) in [5.74, 6) is 0.644. The van der Waals surface area contributed by atoms with E-state index in [2.05, 4.69) is 20.0 Å². The van der Waals surface area contributed by atoms with E-state index >= 15 is 0 Å². The standard InChI is InChI=1S/C18H18N4O2S4/c1-3-25-18-21-17(28-22-18)20-15(23)11(2)27-13-8-6-12(7-9-13)19-16(24)14-5-4-10-26-14/h4-11H,3H2,1-2H3,(H,19,24)(H,20,21,22,23). The number of carbonyl (C=O) groups is 2. The smallest absolute Gasteiger partial charge is 0.265 e. The van der Waals surface area contributed by atoms with Crippen LogP contribution in [0.15, 0.2) is 51.8 Å². The number of hydrogen-bond donors (Lipinski definition) is 2. The van der Waals surface area contributed by atoms with E-state index in [1.807, 2.05) is 49.6 Å². The minimum absolute atomic E-state index is 0.121. The lowest BCUT2D eigenvalue weighted by Crippen LogP contribution is -2.22. The van der Waals surface area contributed by atoms with Gasteiger partial charge in [0.25, 0.3) is 5.91 Å². The van der Waals surface area contributed by atoms with Crippen LogP contribution in [0.5, 0.6) is 0 Å². The number of nitrogens with one attached hydrogen (secondary N) is 2. The van der Waals surface area contributed by atoms with E-state index in [-0.39, 0.29) is 17.1 Å². The number of thiophene rings is 1. The van der Waals surface area contributed by atoms with E-state index in [0.29, 0.717) is 15.2 Å². The normalized spacial score (nSPS) is 11.8. The fourth-order valence-electron chi connectivity index (χ4n) is 2.13. The van der Waals surface area contributed by atoms with Gasteiger partial charge in [-0.05, 0) is 48.4 Å². The zero-order chi connectivity index (χ0) is 19.9. The number of carbonyl (C=O) groups excluding carboxylic acids is 2. The molecule has 1 atom stereocenters. The van der Waals surface area contributed by atoms with E-state index in [4.69, 9.17) is 0 Å². The van der Waals surface area contributed by atoms with E-state index in [9.17, 15) is 9.59 Å². The predicted octanol–water partition coefficient (Wildman–Crippen LogP) is 5.08. The molecule has 6 nitrogen and oxygen atoms in total. The Hall–Kier alpha value is -1.88. The first-order valence-electron chi connectivity index (χ1n) is 8.44. The number of rotatable bonds is 8. The Kier molecular flexibility index (Phi) is 7.49. The van der Waals surface area contributed by atoms with Crippen molar-refractivity contribution in [2.75, 3.05) is 16.4 Å². The summed E-state index contributed by atoms with van der Waals surface area (Å²) >= 11 is 5.57. The van der Waals surface area contributed by atoms with Crippen molar-refractivity contribution >= 4 is 69.0 Å². The molecular weight excluding hydrogens is 432 g/mol. The Labute approximate surface area is 179 Å². The van der Waals surface area contributed by atoms with Gasteiger partial charge in [-0.3, -0.25) is 14.9 Å². The van der Waals surface area contributed by atoms with Gasteiger partial charge in [0.1, 0.15) is 0 Å². The molecule has 0 aliphatic rings. The average molecular weight is 451 g/mol. The van der Waals surface area contributed by atoms with Crippen molar-refractivity contribution in [3.8, 4) is 0 Å². The van der Waals surface area contributed by atoms with Gasteiger partial charge in [-0.15, -0.1) is 23.1 Å². The molecule has 10 heteroatoms. The Balaban J connectivity index is 1.52. The number of anilines is 2. The average Bonchev–Trinajstić information content (AvgIpc) is 3.36. The zero-order valence-electron chi connectivity index (χ0n) is 15.2. The van der Waals surface area contributed by atoms with Crippen LogP contribution < -0.4 is 10.6 Å². The second kappa shape index (κ2) is 10.1. The molecule has 1 unspecified atom stereocenters. The molecule has 0 aliphatic carbocycles. The number of hydrogen-bond acceptors (Lipinski definition) is 8. The van der Waals surface area contributed by atoms with Gasteiger partial charge in [0.2, 0.25) is 16.2 Å². The van der Waals surface area contributed by atoms with Gasteiger partial charge >= 0.3 is 0 Å². The van der Waals surface area contributed by atoms with Crippen molar-refractivity contribution < 1.29 is 9.59 Å². The molecule has 0 spiro atoms. The molecule has 0 fully saturated rings. The fraction of sp³-hybridized carbons (Fsp3) is 0.222. The molecule has 0 bridgehead atoms. The van der Waals surface area contributed by atoms with Gasteiger partial charge in [-0.2, -0.15) is 9.36 Å². The van der Waals surface area contributed by atoms with Crippen molar-refractivity contribution in [3.63, 3.8) is 0 Å². The Bertz CT molecular complexity index is 925. The first kappa shape index (κ1) is 20.8. The van der Waals surface area contributed by atoms with Crippen molar-refractivity contribution in [2.45, 2.75) is 29.1 Å². The highest BCUT2D eigenvalue weighted by Crippen LogP contribution is 2.27. The Morgan fingerprint density at radius 3 is 2.64 bits per heavy atom. The molecule has 0 aliphatic heterocycles. The quantitative estimate of drug-likeness (QED) is 0.466. The third kappa shape index (κ3) is 5.81. The van der Waals surface area contributed by atoms with Crippen LogP contribution in [0.25, 0.3) is 0 Å². The maximum atomic E-state index is 12.4. The van der Waals surface area contributed by atoms with Gasteiger partial charge in [-0.25, -0.2) is 0 Å². The van der Waals surface area contributed by atoms with Crippen LogP contribution in [0.2, 0.25) is 0 Å². The molecule has 3 aromatic rings. The molecule has 0 saturated heterocycles. The van der Waals surface area contributed by atoms with E-state index in [0.717, 1.165) is 16.3 Å². The third-order valence-corrected chi connectivity index (χ3v) is 6.91. The van der Waals surface area contributed by atoms with E-state index in [1.165, 1.54) is 34.6 Å². The van der Waals surface area contributed by atoms with Gasteiger partial charge in [0.15, 0.2) is 0 Å². The van der Waals surface area contributed by atoms with Crippen molar-refractivity contribution in [2.24, 2.45) is 0 Å². The summed E-state index contributed by atoms with van der Waals surface area (Å²) in [6.07, 6.45) is 0. The minimum atomic E-state index is -0.294. The summed E-state index contributed by atoms with van der Waals surface area (Å²) in [6, 6.07) is 11.1. The molecule has 146 valence electrons. The van der Waals surface area contributed by atoms with Crippen LogP contribution in [-0.2, 0) is 4.79 Å². The highest BCUT2D eigenvalue weighted by molar-refractivity contribution is 8.00. The first-order chi connectivity index (χ1) is 13.5. The van der Waals surface area contributed by atoms with Crippen molar-refractivity contribution in [1.82, 2.24) is 9.36 Å². The van der Waals surface area contributed by atoms with Crippen LogP contribution in [0.1, 0.15) is 23.5 Å². The van der Waals surface area contributed by atoms with E-state index < -0.39 is 0 Å². The van der Waals surface area contributed by atoms with Crippen LogP contribution >= 0.6 is 46.4 Å². The van der Waals surface area contributed by atoms with E-state index in [1.54, 1.807) is 17.8 Å². The SMILES string of the molecule is CCSc1nsc(NC(=O)C(C)Sc2ccc(NC(=O)c3cccs3)cc2)n1. The summed E-state index contributed by atoms with van der Waals surface area (Å²) in [7, 11) is 0. The zero-order valence-corrected chi connectivity index (χ0v) is 18.4. The van der Waals surface area contributed by atoms with Crippen LogP contribution in [0.4, 0.5) is 10.8 Å². The van der Waals surface area contributed by atoms with Gasteiger partial charge in [0.05, 0.1) is 10.1 Å². The molecule has 2 heterocycles. The highest BCUT2D eigenvalue weighted by Gasteiger charge is 2.17. The fourth-order valence-corrected chi connectivity index (χ4v) is 4.89. The number of benzene rings is 1. The van der Waals surface area contributed by atoms with Crippen molar-refractivity contribution in [1.29, 1.82) is 0 Å². The number of aromatic nitrogens is 2. The molecule has 0 radical (unpaired) electrons. The predicted molar refractivity (Wildman–Crippen MR) is 119 cm³/mol. The number of thioether (sulfide) groups is 2. The summed E-state index contributed by atoms with van der Waals surface area (Å²) in [6.45, 7) is 3.87. The minimum Gasteiger partial charge on any atom is -0.321 e. The monoisotopic (exact) mass is 450 g/mol. The lowest BCUT2D eigenvalue weighted by molar-refractivity contribution is -0.115. The molecule has 3 rings (SSSR count). The maximum absolute atomic E-state index is 12.4. The molecule has 2 aromatic heterocycles. The molecule has 2 amide bonds. The van der Waals surface area contributed by atoms with Gasteiger partial charge in [-0.1, -0.05) is 24.8 Å².